The Morgan fingerprint density at radius 2 is 1.37 bits per heavy atom. The molecule has 30 heavy (non-hydrogen) atoms. The van der Waals surface area contributed by atoms with Crippen molar-refractivity contribution < 1.29 is 8.42 Å². The Labute approximate surface area is 186 Å². The van der Waals surface area contributed by atoms with Gasteiger partial charge < -0.3 is 0 Å². The van der Waals surface area contributed by atoms with E-state index in [2.05, 4.69) is 58.4 Å². The third-order valence-corrected chi connectivity index (χ3v) is 7.65. The van der Waals surface area contributed by atoms with Crippen molar-refractivity contribution in [3.63, 3.8) is 0 Å². The molecule has 0 aromatic heterocycles. The fraction of sp³-hybridized carbons (Fsp3) is 0.120. The van der Waals surface area contributed by atoms with Crippen molar-refractivity contribution in [2.24, 2.45) is 0 Å². The zero-order valence-corrected chi connectivity index (χ0v) is 19.0. The van der Waals surface area contributed by atoms with E-state index in [1.54, 1.807) is 31.3 Å². The van der Waals surface area contributed by atoms with Crippen LogP contribution in [0.1, 0.15) is 17.0 Å². The standard InChI is InChI=1S/C25H22BrNO2S/c1-27(30(28,29)24-10-6-3-7-11-24)18-25(19-8-4-2-5-9-19)22-13-12-21-17-23(26)15-14-20(21)16-22/h2-17,25H,18H2,1H3/t25-/m0/s1. The van der Waals surface area contributed by atoms with Gasteiger partial charge in [0.1, 0.15) is 0 Å². The van der Waals surface area contributed by atoms with E-state index in [9.17, 15) is 8.42 Å². The van der Waals surface area contributed by atoms with Gasteiger partial charge in [0.2, 0.25) is 10.0 Å². The van der Waals surface area contributed by atoms with Gasteiger partial charge in [-0.15, -0.1) is 0 Å². The lowest BCUT2D eigenvalue weighted by molar-refractivity contribution is 0.454. The second-order valence-corrected chi connectivity index (χ2v) is 10.3. The molecule has 4 rings (SSSR count). The molecule has 0 spiro atoms. The molecule has 0 saturated heterocycles. The van der Waals surface area contributed by atoms with Crippen LogP contribution in [0.2, 0.25) is 0 Å². The number of fused-ring (bicyclic) bond motifs is 1. The van der Waals surface area contributed by atoms with Gasteiger partial charge in [-0.05, 0) is 46.2 Å². The van der Waals surface area contributed by atoms with Crippen LogP contribution < -0.4 is 0 Å². The fourth-order valence-electron chi connectivity index (χ4n) is 3.67. The molecular formula is C25H22BrNO2S. The maximum atomic E-state index is 13.1. The summed E-state index contributed by atoms with van der Waals surface area (Å²) in [5.41, 5.74) is 2.18. The van der Waals surface area contributed by atoms with E-state index in [0.29, 0.717) is 11.4 Å². The minimum absolute atomic E-state index is 0.0808. The summed E-state index contributed by atoms with van der Waals surface area (Å²) in [5.74, 6) is -0.0808. The van der Waals surface area contributed by atoms with Crippen LogP contribution in [0.25, 0.3) is 10.8 Å². The molecule has 0 N–H and O–H groups in total. The van der Waals surface area contributed by atoms with E-state index in [4.69, 9.17) is 0 Å². The summed E-state index contributed by atoms with van der Waals surface area (Å²) in [6, 6.07) is 31.2. The largest absolute Gasteiger partial charge is 0.242 e. The number of benzene rings is 4. The zero-order chi connectivity index (χ0) is 21.1. The van der Waals surface area contributed by atoms with Crippen LogP contribution >= 0.6 is 15.9 Å². The highest BCUT2D eigenvalue weighted by molar-refractivity contribution is 9.10. The van der Waals surface area contributed by atoms with E-state index in [-0.39, 0.29) is 5.92 Å². The normalized spacial score (nSPS) is 12.9. The highest BCUT2D eigenvalue weighted by atomic mass is 79.9. The summed E-state index contributed by atoms with van der Waals surface area (Å²) in [5, 5.41) is 2.27. The molecule has 0 aliphatic rings. The SMILES string of the molecule is CN(C[C@@H](c1ccccc1)c1ccc2cc(Br)ccc2c1)S(=O)(=O)c1ccccc1. The van der Waals surface area contributed by atoms with Crippen LogP contribution in [0.4, 0.5) is 0 Å². The molecule has 0 heterocycles. The molecule has 0 saturated carbocycles. The van der Waals surface area contributed by atoms with E-state index < -0.39 is 10.0 Å². The number of hydrogen-bond acceptors (Lipinski definition) is 2. The van der Waals surface area contributed by atoms with Crippen molar-refractivity contribution in [3.05, 3.63) is 113 Å². The molecule has 0 bridgehead atoms. The third kappa shape index (κ3) is 4.33. The minimum atomic E-state index is -3.57. The molecular weight excluding hydrogens is 458 g/mol. The first kappa shape index (κ1) is 20.8. The van der Waals surface area contributed by atoms with Gasteiger partial charge in [0.15, 0.2) is 0 Å². The van der Waals surface area contributed by atoms with Crippen molar-refractivity contribution in [1.29, 1.82) is 0 Å². The lowest BCUT2D eigenvalue weighted by Gasteiger charge is -2.25. The zero-order valence-electron chi connectivity index (χ0n) is 16.6. The fourth-order valence-corrected chi connectivity index (χ4v) is 5.25. The second-order valence-electron chi connectivity index (χ2n) is 7.31. The smallest absolute Gasteiger partial charge is 0.207 e. The van der Waals surface area contributed by atoms with Crippen molar-refractivity contribution in [3.8, 4) is 0 Å². The predicted molar refractivity (Wildman–Crippen MR) is 126 cm³/mol. The van der Waals surface area contributed by atoms with Crippen molar-refractivity contribution in [2.45, 2.75) is 10.8 Å². The average Bonchev–Trinajstić information content (AvgIpc) is 2.78. The van der Waals surface area contributed by atoms with Crippen LogP contribution in [-0.2, 0) is 10.0 Å². The molecule has 0 fully saturated rings. The molecule has 0 unspecified atom stereocenters. The number of sulfonamides is 1. The Hall–Kier alpha value is -2.47. The second kappa shape index (κ2) is 8.72. The molecule has 0 aliphatic heterocycles. The number of rotatable bonds is 6. The predicted octanol–water partition coefficient (Wildman–Crippen LogP) is 6.05. The Morgan fingerprint density at radius 1 is 0.767 bits per heavy atom. The number of halogens is 1. The molecule has 5 heteroatoms. The molecule has 4 aromatic carbocycles. The lowest BCUT2D eigenvalue weighted by Crippen LogP contribution is -2.31. The van der Waals surface area contributed by atoms with Gasteiger partial charge in [0.25, 0.3) is 0 Å². The van der Waals surface area contributed by atoms with Gasteiger partial charge in [0.05, 0.1) is 4.90 Å². The first-order valence-corrected chi connectivity index (χ1v) is 11.9. The molecule has 0 amide bonds. The molecule has 152 valence electrons. The highest BCUT2D eigenvalue weighted by Gasteiger charge is 2.25. The molecule has 3 nitrogen and oxygen atoms in total. The Kier molecular flexibility index (Phi) is 6.04. The summed E-state index contributed by atoms with van der Waals surface area (Å²) >= 11 is 3.52. The van der Waals surface area contributed by atoms with Gasteiger partial charge in [-0.25, -0.2) is 8.42 Å². The highest BCUT2D eigenvalue weighted by Crippen LogP contribution is 2.30. The van der Waals surface area contributed by atoms with Crippen LogP contribution in [0.3, 0.4) is 0 Å². The summed E-state index contributed by atoms with van der Waals surface area (Å²) in [7, 11) is -1.92. The molecule has 0 radical (unpaired) electrons. The van der Waals surface area contributed by atoms with Gasteiger partial charge in [-0.3, -0.25) is 0 Å². The van der Waals surface area contributed by atoms with Gasteiger partial charge in [-0.1, -0.05) is 88.7 Å². The maximum absolute atomic E-state index is 13.1. The van der Waals surface area contributed by atoms with Crippen LogP contribution in [0, 0.1) is 0 Å². The minimum Gasteiger partial charge on any atom is -0.207 e. The maximum Gasteiger partial charge on any atom is 0.242 e. The summed E-state index contributed by atoms with van der Waals surface area (Å²) in [6.45, 7) is 0.350. The number of nitrogens with zero attached hydrogens (tertiary/aromatic N) is 1. The average molecular weight is 480 g/mol. The van der Waals surface area contributed by atoms with E-state index in [1.165, 1.54) is 4.31 Å². The first-order valence-electron chi connectivity index (χ1n) is 9.71. The van der Waals surface area contributed by atoms with E-state index in [0.717, 1.165) is 26.4 Å². The van der Waals surface area contributed by atoms with Crippen LogP contribution in [0.15, 0.2) is 106 Å². The first-order chi connectivity index (χ1) is 14.4. The third-order valence-electron chi connectivity index (χ3n) is 5.32. The number of hydrogen-bond donors (Lipinski definition) is 0. The van der Waals surface area contributed by atoms with E-state index >= 15 is 0 Å². The van der Waals surface area contributed by atoms with Crippen LogP contribution in [-0.4, -0.2) is 26.3 Å². The Bertz CT molecular complexity index is 1260. The van der Waals surface area contributed by atoms with Crippen LogP contribution in [0.5, 0.6) is 0 Å². The lowest BCUT2D eigenvalue weighted by atomic mass is 9.90. The van der Waals surface area contributed by atoms with Gasteiger partial charge in [0, 0.05) is 24.0 Å². The van der Waals surface area contributed by atoms with Gasteiger partial charge in [-0.2, -0.15) is 4.31 Å². The monoisotopic (exact) mass is 479 g/mol. The Morgan fingerprint density at radius 3 is 2.07 bits per heavy atom. The topological polar surface area (TPSA) is 37.4 Å². The summed E-state index contributed by atoms with van der Waals surface area (Å²) in [4.78, 5) is 0.308. The van der Waals surface area contributed by atoms with Crippen molar-refractivity contribution >= 4 is 36.7 Å². The Balaban J connectivity index is 1.73. The number of likely N-dealkylation sites (N-methyl/N-ethyl adjacent to an activating group) is 1. The van der Waals surface area contributed by atoms with Crippen molar-refractivity contribution in [2.75, 3.05) is 13.6 Å². The summed E-state index contributed by atoms with van der Waals surface area (Å²) in [6.07, 6.45) is 0. The molecule has 0 aliphatic carbocycles. The van der Waals surface area contributed by atoms with E-state index in [1.807, 2.05) is 30.3 Å². The quantitative estimate of drug-likeness (QED) is 0.337. The molecule has 1 atom stereocenters. The summed E-state index contributed by atoms with van der Waals surface area (Å²) < 4.78 is 28.7. The molecule has 4 aromatic rings. The van der Waals surface area contributed by atoms with Crippen molar-refractivity contribution in [1.82, 2.24) is 4.31 Å². The van der Waals surface area contributed by atoms with Gasteiger partial charge >= 0.3 is 0 Å².